The van der Waals surface area contributed by atoms with E-state index in [9.17, 15) is 13.2 Å². The molecule has 0 fully saturated rings. The van der Waals surface area contributed by atoms with Crippen LogP contribution in [0.25, 0.3) is 11.3 Å². The second-order valence-electron chi connectivity index (χ2n) is 5.45. The molecule has 0 bridgehead atoms. The lowest BCUT2D eigenvalue weighted by Gasteiger charge is -2.10. The highest BCUT2D eigenvalue weighted by molar-refractivity contribution is 7.94. The largest absolute Gasteiger partial charge is 0.279 e. The summed E-state index contributed by atoms with van der Waals surface area (Å²) in [7, 11) is -2.12. The highest BCUT2D eigenvalue weighted by atomic mass is 32.2. The Balaban J connectivity index is 1.92. The van der Waals surface area contributed by atoms with Gasteiger partial charge in [0.25, 0.3) is 15.6 Å². The number of rotatable bonds is 5. The second-order valence-corrected chi connectivity index (χ2v) is 8.27. The first-order valence-corrected chi connectivity index (χ1v) is 10.0. The molecule has 1 aromatic carbocycles. The van der Waals surface area contributed by atoms with Gasteiger partial charge in [0.2, 0.25) is 0 Å². The predicted molar refractivity (Wildman–Crippen MR) is 99.4 cm³/mol. The van der Waals surface area contributed by atoms with Crippen molar-refractivity contribution >= 4 is 27.0 Å². The maximum atomic E-state index is 12.7. The van der Waals surface area contributed by atoms with Crippen molar-refractivity contribution in [3.8, 4) is 11.3 Å². The normalized spacial score (nSPS) is 11.4. The van der Waals surface area contributed by atoms with Crippen molar-refractivity contribution in [2.75, 3.05) is 4.72 Å². The average molecular weight is 375 g/mol. The van der Waals surface area contributed by atoms with Crippen molar-refractivity contribution in [1.29, 1.82) is 0 Å². The first kappa shape index (κ1) is 17.4. The Morgan fingerprint density at radius 2 is 1.96 bits per heavy atom. The molecule has 6 nitrogen and oxygen atoms in total. The van der Waals surface area contributed by atoms with E-state index in [1.807, 2.05) is 19.1 Å². The van der Waals surface area contributed by atoms with Crippen molar-refractivity contribution in [3.05, 3.63) is 63.8 Å². The third-order valence-electron chi connectivity index (χ3n) is 3.74. The van der Waals surface area contributed by atoms with Crippen molar-refractivity contribution in [1.82, 2.24) is 9.78 Å². The van der Waals surface area contributed by atoms with E-state index in [2.05, 4.69) is 9.82 Å². The van der Waals surface area contributed by atoms with E-state index in [0.29, 0.717) is 16.9 Å². The van der Waals surface area contributed by atoms with E-state index in [4.69, 9.17) is 0 Å². The first-order valence-electron chi connectivity index (χ1n) is 7.64. The third-order valence-corrected chi connectivity index (χ3v) is 6.54. The summed E-state index contributed by atoms with van der Waals surface area (Å²) in [5, 5.41) is 5.86. The monoisotopic (exact) mass is 375 g/mol. The van der Waals surface area contributed by atoms with Crippen LogP contribution in [0.15, 0.2) is 56.8 Å². The summed E-state index contributed by atoms with van der Waals surface area (Å²) >= 11 is 1.12. The number of nitrogens with zero attached hydrogens (tertiary/aromatic N) is 2. The van der Waals surface area contributed by atoms with Crippen LogP contribution in [0.4, 0.5) is 5.69 Å². The molecule has 8 heteroatoms. The molecule has 2 heterocycles. The fourth-order valence-electron chi connectivity index (χ4n) is 2.37. The molecule has 25 heavy (non-hydrogen) atoms. The molecule has 0 amide bonds. The number of benzene rings is 1. The molecule has 0 spiro atoms. The summed E-state index contributed by atoms with van der Waals surface area (Å²) in [5.74, 6) is 0. The molecule has 0 saturated carbocycles. The van der Waals surface area contributed by atoms with Gasteiger partial charge in [-0.3, -0.25) is 9.52 Å². The summed E-state index contributed by atoms with van der Waals surface area (Å²) in [6.45, 7) is 1.97. The summed E-state index contributed by atoms with van der Waals surface area (Å²) in [6.07, 6.45) is 0.732. The van der Waals surface area contributed by atoms with Gasteiger partial charge in [-0.15, -0.1) is 11.3 Å². The topological polar surface area (TPSA) is 81.1 Å². The predicted octanol–water partition coefficient (Wildman–Crippen LogP) is 2.87. The summed E-state index contributed by atoms with van der Waals surface area (Å²) in [4.78, 5) is 11.4. The molecular formula is C17H17N3O3S2. The molecule has 3 aromatic rings. The number of aryl methyl sites for hydroxylation is 2. The summed E-state index contributed by atoms with van der Waals surface area (Å²) in [6, 6.07) is 11.9. The van der Waals surface area contributed by atoms with Gasteiger partial charge in [0.1, 0.15) is 4.21 Å². The van der Waals surface area contributed by atoms with Gasteiger partial charge in [0, 0.05) is 24.1 Å². The minimum atomic E-state index is -3.68. The summed E-state index contributed by atoms with van der Waals surface area (Å²) in [5.41, 5.74) is 2.51. The molecular weight excluding hydrogens is 358 g/mol. The maximum Gasteiger partial charge on any atom is 0.271 e. The van der Waals surface area contributed by atoms with Crippen molar-refractivity contribution in [2.45, 2.75) is 17.6 Å². The van der Waals surface area contributed by atoms with Crippen LogP contribution in [-0.2, 0) is 23.5 Å². The molecule has 0 aliphatic rings. The van der Waals surface area contributed by atoms with E-state index in [0.717, 1.165) is 23.3 Å². The Morgan fingerprint density at radius 1 is 1.20 bits per heavy atom. The molecule has 0 saturated heterocycles. The molecule has 0 aliphatic carbocycles. The van der Waals surface area contributed by atoms with Crippen LogP contribution in [0.2, 0.25) is 0 Å². The number of hydrogen-bond donors (Lipinski definition) is 1. The SMILES string of the molecule is CCc1ccccc1NS(=O)(=O)c1cc(-c2ccc(=O)n(C)n2)cs1. The van der Waals surface area contributed by atoms with Crippen LogP contribution in [-0.4, -0.2) is 18.2 Å². The van der Waals surface area contributed by atoms with Gasteiger partial charge >= 0.3 is 0 Å². The molecule has 0 radical (unpaired) electrons. The molecule has 3 rings (SSSR count). The Morgan fingerprint density at radius 3 is 2.68 bits per heavy atom. The van der Waals surface area contributed by atoms with E-state index in [1.165, 1.54) is 10.7 Å². The van der Waals surface area contributed by atoms with Gasteiger partial charge in [-0.1, -0.05) is 25.1 Å². The lowest BCUT2D eigenvalue weighted by molar-refractivity contribution is 0.603. The fourth-order valence-corrected chi connectivity index (χ4v) is 4.65. The van der Waals surface area contributed by atoms with E-state index >= 15 is 0 Å². The van der Waals surface area contributed by atoms with Gasteiger partial charge in [-0.2, -0.15) is 5.10 Å². The van der Waals surface area contributed by atoms with Gasteiger partial charge in [0.15, 0.2) is 0 Å². The van der Waals surface area contributed by atoms with E-state index in [-0.39, 0.29) is 9.77 Å². The fraction of sp³-hybridized carbons (Fsp3) is 0.176. The minimum absolute atomic E-state index is 0.198. The second kappa shape index (κ2) is 6.81. The Bertz CT molecular complexity index is 1070. The van der Waals surface area contributed by atoms with Gasteiger partial charge in [-0.05, 0) is 30.2 Å². The number of sulfonamides is 1. The highest BCUT2D eigenvalue weighted by Gasteiger charge is 2.19. The standard InChI is InChI=1S/C17H17N3O3S2/c1-3-12-6-4-5-7-15(12)19-25(22,23)17-10-13(11-24-17)14-8-9-16(21)20(2)18-14/h4-11,19H,3H2,1-2H3. The number of para-hydroxylation sites is 1. The number of hydrogen-bond acceptors (Lipinski definition) is 5. The van der Waals surface area contributed by atoms with Crippen LogP contribution in [0.3, 0.4) is 0 Å². The Hall–Kier alpha value is -2.45. The van der Waals surface area contributed by atoms with Crippen LogP contribution < -0.4 is 10.3 Å². The average Bonchev–Trinajstić information content (AvgIpc) is 3.08. The molecule has 0 atom stereocenters. The highest BCUT2D eigenvalue weighted by Crippen LogP contribution is 2.29. The summed E-state index contributed by atoms with van der Waals surface area (Å²) < 4.78 is 29.4. The molecule has 0 unspecified atom stereocenters. The van der Waals surface area contributed by atoms with Gasteiger partial charge < -0.3 is 0 Å². The maximum absolute atomic E-state index is 12.7. The van der Waals surface area contributed by atoms with Gasteiger partial charge in [-0.25, -0.2) is 13.1 Å². The van der Waals surface area contributed by atoms with Crippen molar-refractivity contribution < 1.29 is 8.42 Å². The Kier molecular flexibility index (Phi) is 4.73. The number of anilines is 1. The van der Waals surface area contributed by atoms with Crippen LogP contribution in [0, 0.1) is 0 Å². The molecule has 1 N–H and O–H groups in total. The molecule has 2 aromatic heterocycles. The number of nitrogens with one attached hydrogen (secondary N) is 1. The zero-order valence-corrected chi connectivity index (χ0v) is 15.4. The molecule has 130 valence electrons. The number of aromatic nitrogens is 2. The lowest BCUT2D eigenvalue weighted by atomic mass is 10.1. The first-order chi connectivity index (χ1) is 11.9. The quantitative estimate of drug-likeness (QED) is 0.743. The van der Waals surface area contributed by atoms with E-state index in [1.54, 1.807) is 36.7 Å². The zero-order chi connectivity index (χ0) is 18.0. The van der Waals surface area contributed by atoms with E-state index < -0.39 is 10.0 Å². The van der Waals surface area contributed by atoms with Crippen molar-refractivity contribution in [2.24, 2.45) is 7.05 Å². The van der Waals surface area contributed by atoms with Gasteiger partial charge in [0.05, 0.1) is 11.4 Å². The van der Waals surface area contributed by atoms with Crippen LogP contribution in [0.5, 0.6) is 0 Å². The van der Waals surface area contributed by atoms with Crippen molar-refractivity contribution in [3.63, 3.8) is 0 Å². The zero-order valence-electron chi connectivity index (χ0n) is 13.8. The smallest absolute Gasteiger partial charge is 0.271 e. The number of thiophene rings is 1. The Labute approximate surface area is 149 Å². The minimum Gasteiger partial charge on any atom is -0.279 e. The molecule has 0 aliphatic heterocycles. The lowest BCUT2D eigenvalue weighted by Crippen LogP contribution is -2.18. The van der Waals surface area contributed by atoms with Crippen LogP contribution >= 0.6 is 11.3 Å². The van der Waals surface area contributed by atoms with Crippen LogP contribution in [0.1, 0.15) is 12.5 Å². The third kappa shape index (κ3) is 3.64.